The molecule has 6 nitrogen and oxygen atoms in total. The fraction of sp³-hybridized carbons (Fsp3) is 0.364. The van der Waals surface area contributed by atoms with E-state index in [9.17, 15) is 8.42 Å². The minimum atomic E-state index is -3.77. The predicted molar refractivity (Wildman–Crippen MR) is 71.1 cm³/mol. The Morgan fingerprint density at radius 1 is 1.37 bits per heavy atom. The van der Waals surface area contributed by atoms with Crippen LogP contribution in [0.2, 0.25) is 0 Å². The molecule has 2 rings (SSSR count). The van der Waals surface area contributed by atoms with Crippen LogP contribution in [0.4, 0.5) is 0 Å². The van der Waals surface area contributed by atoms with E-state index in [0.29, 0.717) is 24.5 Å². The second-order valence-corrected chi connectivity index (χ2v) is 6.45. The maximum absolute atomic E-state index is 11.3. The van der Waals surface area contributed by atoms with Crippen molar-refractivity contribution in [1.29, 1.82) is 0 Å². The summed E-state index contributed by atoms with van der Waals surface area (Å²) >= 11 is 0. The molecule has 0 bridgehead atoms. The Morgan fingerprint density at radius 2 is 2.11 bits per heavy atom. The van der Waals surface area contributed by atoms with Crippen LogP contribution >= 0.6 is 10.7 Å². The molecule has 0 unspecified atom stereocenters. The van der Waals surface area contributed by atoms with Gasteiger partial charge in [-0.1, -0.05) is 0 Å². The Morgan fingerprint density at radius 3 is 2.74 bits per heavy atom. The molecule has 1 aromatic carbocycles. The third-order valence-corrected chi connectivity index (χ3v) is 3.95. The maximum Gasteiger partial charge on any atom is 0.261 e. The van der Waals surface area contributed by atoms with Crippen LogP contribution in [0.25, 0.3) is 10.9 Å². The number of fused-ring (bicyclic) bond motifs is 1. The van der Waals surface area contributed by atoms with E-state index in [-0.39, 0.29) is 4.90 Å². The van der Waals surface area contributed by atoms with E-state index in [1.54, 1.807) is 24.9 Å². The Balaban J connectivity index is 2.47. The molecule has 0 fully saturated rings. The van der Waals surface area contributed by atoms with Crippen molar-refractivity contribution in [3.8, 4) is 5.88 Å². The van der Waals surface area contributed by atoms with Gasteiger partial charge in [0.05, 0.1) is 22.4 Å². The molecule has 0 saturated heterocycles. The van der Waals surface area contributed by atoms with Crippen molar-refractivity contribution in [2.24, 2.45) is 7.05 Å². The summed E-state index contributed by atoms with van der Waals surface area (Å²) < 4.78 is 34.6. The number of rotatable bonds is 5. The van der Waals surface area contributed by atoms with E-state index >= 15 is 0 Å². The molecule has 0 saturated carbocycles. The van der Waals surface area contributed by atoms with Crippen molar-refractivity contribution >= 4 is 30.6 Å². The fourth-order valence-corrected chi connectivity index (χ4v) is 2.47. The van der Waals surface area contributed by atoms with E-state index in [1.807, 2.05) is 0 Å². The quantitative estimate of drug-likeness (QED) is 0.619. The lowest BCUT2D eigenvalue weighted by atomic mass is 10.2. The standard InChI is InChI=1S/C11H13ClN2O4S/c1-14-10-4-3-8(19(12,15)16)7-9(10)11(13-14)18-6-5-17-2/h3-4,7H,5-6H2,1-2H3. The summed E-state index contributed by atoms with van der Waals surface area (Å²) in [6.45, 7) is 0.756. The van der Waals surface area contributed by atoms with Gasteiger partial charge in [-0.15, -0.1) is 5.10 Å². The number of methoxy groups -OCH3 is 1. The SMILES string of the molecule is COCCOc1nn(C)c2ccc(S(=O)(=O)Cl)cc12. The zero-order valence-corrected chi connectivity index (χ0v) is 12.0. The number of hydrogen-bond acceptors (Lipinski definition) is 5. The summed E-state index contributed by atoms with van der Waals surface area (Å²) in [4.78, 5) is 0.0197. The molecule has 0 atom stereocenters. The van der Waals surface area contributed by atoms with Crippen molar-refractivity contribution in [2.45, 2.75) is 4.90 Å². The third-order valence-electron chi connectivity index (χ3n) is 2.60. The van der Waals surface area contributed by atoms with Crippen LogP contribution in [0.15, 0.2) is 23.1 Å². The molecule has 104 valence electrons. The normalized spacial score (nSPS) is 11.9. The number of aromatic nitrogens is 2. The maximum atomic E-state index is 11.3. The van der Waals surface area contributed by atoms with Gasteiger partial charge in [-0.3, -0.25) is 4.68 Å². The van der Waals surface area contributed by atoms with Crippen LogP contribution in [0, 0.1) is 0 Å². The van der Waals surface area contributed by atoms with Gasteiger partial charge >= 0.3 is 0 Å². The van der Waals surface area contributed by atoms with Crippen molar-refractivity contribution in [1.82, 2.24) is 9.78 Å². The molecule has 8 heteroatoms. The van der Waals surface area contributed by atoms with Crippen LogP contribution < -0.4 is 4.74 Å². The predicted octanol–water partition coefficient (Wildman–Crippen LogP) is 1.53. The highest BCUT2D eigenvalue weighted by Crippen LogP contribution is 2.28. The van der Waals surface area contributed by atoms with Crippen molar-refractivity contribution < 1.29 is 17.9 Å². The number of hydrogen-bond donors (Lipinski definition) is 0. The topological polar surface area (TPSA) is 70.4 Å². The first-order chi connectivity index (χ1) is 8.93. The summed E-state index contributed by atoms with van der Waals surface area (Å²) in [7, 11) is 4.87. The molecular formula is C11H13ClN2O4S. The molecular weight excluding hydrogens is 292 g/mol. The van der Waals surface area contributed by atoms with Crippen LogP contribution in [-0.4, -0.2) is 38.5 Å². The highest BCUT2D eigenvalue weighted by molar-refractivity contribution is 8.13. The fourth-order valence-electron chi connectivity index (χ4n) is 1.69. The van der Waals surface area contributed by atoms with Crippen LogP contribution in [0.1, 0.15) is 0 Å². The van der Waals surface area contributed by atoms with Crippen molar-refractivity contribution in [3.05, 3.63) is 18.2 Å². The minimum absolute atomic E-state index is 0.0197. The Kier molecular flexibility index (Phi) is 3.98. The minimum Gasteiger partial charge on any atom is -0.474 e. The van der Waals surface area contributed by atoms with Crippen molar-refractivity contribution in [3.63, 3.8) is 0 Å². The van der Waals surface area contributed by atoms with Gasteiger partial charge < -0.3 is 9.47 Å². The Hall–Kier alpha value is -1.31. The summed E-state index contributed by atoms with van der Waals surface area (Å²) in [5.41, 5.74) is 0.761. The third kappa shape index (κ3) is 2.99. The molecule has 2 aromatic rings. The molecule has 1 heterocycles. The Bertz CT molecular complexity index is 696. The summed E-state index contributed by atoms with van der Waals surface area (Å²) in [5.74, 6) is 0.358. The first-order valence-electron chi connectivity index (χ1n) is 5.46. The highest BCUT2D eigenvalue weighted by Gasteiger charge is 2.15. The average Bonchev–Trinajstić information content (AvgIpc) is 2.65. The molecule has 19 heavy (non-hydrogen) atoms. The number of halogens is 1. The van der Waals surface area contributed by atoms with Gasteiger partial charge in [0.2, 0.25) is 5.88 Å². The van der Waals surface area contributed by atoms with Crippen molar-refractivity contribution in [2.75, 3.05) is 20.3 Å². The van der Waals surface area contributed by atoms with Gasteiger partial charge in [0.15, 0.2) is 0 Å². The molecule has 0 N–H and O–H groups in total. The first-order valence-corrected chi connectivity index (χ1v) is 7.77. The number of ether oxygens (including phenoxy) is 2. The average molecular weight is 305 g/mol. The largest absolute Gasteiger partial charge is 0.474 e. The highest BCUT2D eigenvalue weighted by atomic mass is 35.7. The molecule has 0 aliphatic heterocycles. The van der Waals surface area contributed by atoms with Gasteiger partial charge in [0.25, 0.3) is 9.05 Å². The number of aryl methyl sites for hydroxylation is 1. The zero-order chi connectivity index (χ0) is 14.0. The van der Waals surface area contributed by atoms with E-state index in [0.717, 1.165) is 5.52 Å². The van der Waals surface area contributed by atoms with Gasteiger partial charge in [-0.25, -0.2) is 8.42 Å². The lowest BCUT2D eigenvalue weighted by Gasteiger charge is -2.02. The molecule has 0 aliphatic carbocycles. The second-order valence-electron chi connectivity index (χ2n) is 3.89. The molecule has 0 amide bonds. The monoisotopic (exact) mass is 304 g/mol. The second kappa shape index (κ2) is 5.36. The van der Waals surface area contributed by atoms with E-state index < -0.39 is 9.05 Å². The van der Waals surface area contributed by atoms with Gasteiger partial charge in [-0.05, 0) is 18.2 Å². The van der Waals surface area contributed by atoms with Crippen LogP contribution in [-0.2, 0) is 20.8 Å². The lowest BCUT2D eigenvalue weighted by Crippen LogP contribution is -2.05. The Labute approximate surface area is 115 Å². The smallest absolute Gasteiger partial charge is 0.261 e. The lowest BCUT2D eigenvalue weighted by molar-refractivity contribution is 0.144. The van der Waals surface area contributed by atoms with Crippen LogP contribution in [0.3, 0.4) is 0 Å². The van der Waals surface area contributed by atoms with E-state index in [4.69, 9.17) is 20.2 Å². The molecule has 0 aliphatic rings. The van der Waals surface area contributed by atoms with Crippen LogP contribution in [0.5, 0.6) is 5.88 Å². The van der Waals surface area contributed by atoms with E-state index in [2.05, 4.69) is 5.10 Å². The number of benzene rings is 1. The van der Waals surface area contributed by atoms with Gasteiger partial charge in [0.1, 0.15) is 6.61 Å². The summed E-state index contributed by atoms with van der Waals surface area (Å²) in [6, 6.07) is 4.53. The first kappa shape index (κ1) is 14.1. The van der Waals surface area contributed by atoms with Gasteiger partial charge in [0, 0.05) is 24.8 Å². The molecule has 0 spiro atoms. The van der Waals surface area contributed by atoms with Gasteiger partial charge in [-0.2, -0.15) is 0 Å². The molecule has 1 aromatic heterocycles. The summed E-state index contributed by atoms with van der Waals surface area (Å²) in [5, 5.41) is 4.78. The number of nitrogens with zero attached hydrogens (tertiary/aromatic N) is 2. The molecule has 0 radical (unpaired) electrons. The van der Waals surface area contributed by atoms with E-state index in [1.165, 1.54) is 12.1 Å². The zero-order valence-electron chi connectivity index (χ0n) is 10.5. The summed E-state index contributed by atoms with van der Waals surface area (Å²) in [6.07, 6.45) is 0.